The van der Waals surface area contributed by atoms with Crippen molar-refractivity contribution in [3.05, 3.63) is 16.6 Å². The van der Waals surface area contributed by atoms with Crippen LogP contribution in [0.15, 0.2) is 11.6 Å². The lowest BCUT2D eigenvalue weighted by atomic mass is 10.1. The van der Waals surface area contributed by atoms with Gasteiger partial charge < -0.3 is 11.1 Å². The summed E-state index contributed by atoms with van der Waals surface area (Å²) in [4.78, 5) is 4.29. The predicted octanol–water partition coefficient (Wildman–Crippen LogP) is 2.17. The third-order valence-electron chi connectivity index (χ3n) is 2.50. The van der Waals surface area contributed by atoms with Crippen LogP contribution in [0, 0.1) is 5.92 Å². The van der Waals surface area contributed by atoms with Crippen LogP contribution in [0.3, 0.4) is 0 Å². The van der Waals surface area contributed by atoms with E-state index >= 15 is 0 Å². The van der Waals surface area contributed by atoms with Gasteiger partial charge in [0.1, 0.15) is 5.01 Å². The molecule has 4 heteroatoms. The van der Waals surface area contributed by atoms with Gasteiger partial charge in [-0.3, -0.25) is 0 Å². The summed E-state index contributed by atoms with van der Waals surface area (Å²) in [5.74, 6) is 0.691. The molecule has 1 rings (SSSR count). The van der Waals surface area contributed by atoms with E-state index in [1.807, 2.05) is 11.6 Å². The minimum atomic E-state index is 0.366. The van der Waals surface area contributed by atoms with Crippen LogP contribution in [-0.2, 0) is 0 Å². The van der Waals surface area contributed by atoms with Crippen LogP contribution in [0.1, 0.15) is 37.7 Å². The smallest absolute Gasteiger partial charge is 0.109 e. The van der Waals surface area contributed by atoms with Crippen molar-refractivity contribution in [2.75, 3.05) is 13.1 Å². The minimum Gasteiger partial charge on any atom is -0.330 e. The second kappa shape index (κ2) is 6.93. The lowest BCUT2D eigenvalue weighted by Crippen LogP contribution is -2.24. The van der Waals surface area contributed by atoms with Gasteiger partial charge in [0.15, 0.2) is 0 Å². The summed E-state index contributed by atoms with van der Waals surface area (Å²) < 4.78 is 0. The van der Waals surface area contributed by atoms with Gasteiger partial charge in [-0.15, -0.1) is 11.3 Å². The topological polar surface area (TPSA) is 50.9 Å². The van der Waals surface area contributed by atoms with E-state index in [2.05, 4.69) is 24.1 Å². The monoisotopic (exact) mass is 227 g/mol. The van der Waals surface area contributed by atoms with Crippen molar-refractivity contribution in [1.29, 1.82) is 0 Å². The van der Waals surface area contributed by atoms with E-state index in [1.165, 1.54) is 11.4 Å². The highest BCUT2D eigenvalue weighted by atomic mass is 32.1. The first-order valence-corrected chi connectivity index (χ1v) is 6.44. The van der Waals surface area contributed by atoms with Crippen LogP contribution in [0.25, 0.3) is 0 Å². The first-order chi connectivity index (χ1) is 7.24. The molecular formula is C11H21N3S. The summed E-state index contributed by atoms with van der Waals surface area (Å²) in [7, 11) is 0. The van der Waals surface area contributed by atoms with Crippen LogP contribution in [-0.4, -0.2) is 18.1 Å². The van der Waals surface area contributed by atoms with E-state index in [9.17, 15) is 0 Å². The van der Waals surface area contributed by atoms with Gasteiger partial charge in [0.2, 0.25) is 0 Å². The molecule has 0 radical (unpaired) electrons. The Hall–Kier alpha value is -0.450. The van der Waals surface area contributed by atoms with Crippen molar-refractivity contribution in [2.24, 2.45) is 11.7 Å². The van der Waals surface area contributed by atoms with Crippen LogP contribution in [0.5, 0.6) is 0 Å². The van der Waals surface area contributed by atoms with Crippen molar-refractivity contribution in [3.8, 4) is 0 Å². The zero-order chi connectivity index (χ0) is 11.1. The fraction of sp³-hybridized carbons (Fsp3) is 0.727. The molecule has 0 fully saturated rings. The molecule has 0 saturated heterocycles. The number of nitrogens with zero attached hydrogens (tertiary/aromatic N) is 1. The van der Waals surface area contributed by atoms with Crippen LogP contribution >= 0.6 is 11.3 Å². The van der Waals surface area contributed by atoms with E-state index in [1.54, 1.807) is 11.3 Å². The Kier molecular flexibility index (Phi) is 5.83. The molecule has 86 valence electrons. The van der Waals surface area contributed by atoms with E-state index in [-0.39, 0.29) is 0 Å². The van der Waals surface area contributed by atoms with Gasteiger partial charge in [0.25, 0.3) is 0 Å². The molecule has 0 aliphatic rings. The highest BCUT2D eigenvalue weighted by Crippen LogP contribution is 2.15. The summed E-state index contributed by atoms with van der Waals surface area (Å²) in [6.45, 7) is 6.26. The predicted molar refractivity (Wildman–Crippen MR) is 66.0 cm³/mol. The Morgan fingerprint density at radius 2 is 2.33 bits per heavy atom. The minimum absolute atomic E-state index is 0.366. The molecule has 0 aliphatic carbocycles. The Bertz CT molecular complexity index is 248. The summed E-state index contributed by atoms with van der Waals surface area (Å²) in [6, 6.07) is 0.366. The normalized spacial score (nSPS) is 15.1. The zero-order valence-electron chi connectivity index (χ0n) is 9.57. The molecule has 0 spiro atoms. The zero-order valence-corrected chi connectivity index (χ0v) is 10.4. The molecule has 0 bridgehead atoms. The Balaban J connectivity index is 2.19. The largest absolute Gasteiger partial charge is 0.330 e. The summed E-state index contributed by atoms with van der Waals surface area (Å²) in [5.41, 5.74) is 5.48. The number of hydrogen-bond donors (Lipinski definition) is 2. The quantitative estimate of drug-likeness (QED) is 0.750. The fourth-order valence-electron chi connectivity index (χ4n) is 1.48. The summed E-state index contributed by atoms with van der Waals surface area (Å²) in [5, 5.41) is 6.69. The van der Waals surface area contributed by atoms with Gasteiger partial charge >= 0.3 is 0 Å². The van der Waals surface area contributed by atoms with Crippen LogP contribution < -0.4 is 11.1 Å². The number of hydrogen-bond acceptors (Lipinski definition) is 4. The van der Waals surface area contributed by atoms with E-state index in [4.69, 9.17) is 5.73 Å². The van der Waals surface area contributed by atoms with Gasteiger partial charge in [-0.05, 0) is 38.8 Å². The van der Waals surface area contributed by atoms with Gasteiger partial charge in [-0.1, -0.05) is 6.92 Å². The van der Waals surface area contributed by atoms with Crippen molar-refractivity contribution in [3.63, 3.8) is 0 Å². The number of nitrogens with one attached hydrogen (secondary N) is 1. The molecule has 1 aromatic heterocycles. The third-order valence-corrected chi connectivity index (χ3v) is 3.45. The Morgan fingerprint density at radius 1 is 1.53 bits per heavy atom. The average Bonchev–Trinajstić information content (AvgIpc) is 2.76. The third kappa shape index (κ3) is 4.73. The van der Waals surface area contributed by atoms with Crippen molar-refractivity contribution >= 4 is 11.3 Å². The summed E-state index contributed by atoms with van der Waals surface area (Å²) >= 11 is 1.71. The molecule has 0 saturated carbocycles. The SMILES string of the molecule is CC(CCCN)CNC(C)c1nccs1. The molecule has 15 heavy (non-hydrogen) atoms. The van der Waals surface area contributed by atoms with E-state index in [0.29, 0.717) is 12.0 Å². The first-order valence-electron chi connectivity index (χ1n) is 5.57. The number of aromatic nitrogens is 1. The molecule has 3 N–H and O–H groups in total. The summed E-state index contributed by atoms with van der Waals surface area (Å²) in [6.07, 6.45) is 4.18. The maximum atomic E-state index is 5.48. The van der Waals surface area contributed by atoms with Gasteiger partial charge in [-0.2, -0.15) is 0 Å². The van der Waals surface area contributed by atoms with Crippen molar-refractivity contribution < 1.29 is 0 Å². The Labute approximate surface area is 96.1 Å². The second-order valence-electron chi connectivity index (χ2n) is 4.04. The second-order valence-corrected chi connectivity index (χ2v) is 4.96. The van der Waals surface area contributed by atoms with Gasteiger partial charge in [0, 0.05) is 11.6 Å². The highest BCUT2D eigenvalue weighted by Gasteiger charge is 2.08. The van der Waals surface area contributed by atoms with Gasteiger partial charge in [-0.25, -0.2) is 4.98 Å². The average molecular weight is 227 g/mol. The maximum absolute atomic E-state index is 5.48. The van der Waals surface area contributed by atoms with Crippen molar-refractivity contribution in [2.45, 2.75) is 32.7 Å². The van der Waals surface area contributed by atoms with Gasteiger partial charge in [0.05, 0.1) is 6.04 Å². The molecule has 0 aromatic carbocycles. The standard InChI is InChI=1S/C11H21N3S/c1-9(4-3-5-12)8-14-10(2)11-13-6-7-15-11/h6-7,9-10,14H,3-5,8,12H2,1-2H3. The number of thiazole rings is 1. The molecule has 0 amide bonds. The van der Waals surface area contributed by atoms with E-state index < -0.39 is 0 Å². The fourth-order valence-corrected chi connectivity index (χ4v) is 2.15. The molecule has 0 aliphatic heterocycles. The van der Waals surface area contributed by atoms with Crippen LogP contribution in [0.2, 0.25) is 0 Å². The number of nitrogens with two attached hydrogens (primary N) is 1. The molecule has 1 heterocycles. The molecule has 3 nitrogen and oxygen atoms in total. The number of rotatable bonds is 7. The van der Waals surface area contributed by atoms with E-state index in [0.717, 1.165) is 19.5 Å². The highest BCUT2D eigenvalue weighted by molar-refractivity contribution is 7.09. The lowest BCUT2D eigenvalue weighted by molar-refractivity contribution is 0.439. The van der Waals surface area contributed by atoms with Crippen LogP contribution in [0.4, 0.5) is 0 Å². The maximum Gasteiger partial charge on any atom is 0.109 e. The molecular weight excluding hydrogens is 206 g/mol. The Morgan fingerprint density at radius 3 is 2.93 bits per heavy atom. The van der Waals surface area contributed by atoms with Crippen molar-refractivity contribution in [1.82, 2.24) is 10.3 Å². The molecule has 1 aromatic rings. The first kappa shape index (κ1) is 12.6. The molecule has 2 atom stereocenters. The molecule has 2 unspecified atom stereocenters. The lowest BCUT2D eigenvalue weighted by Gasteiger charge is -2.15.